The zero-order valence-corrected chi connectivity index (χ0v) is 20.2. The van der Waals surface area contributed by atoms with E-state index in [1.165, 1.54) is 0 Å². The first-order valence-electron chi connectivity index (χ1n) is 10.5. The van der Waals surface area contributed by atoms with Gasteiger partial charge in [0.2, 0.25) is 0 Å². The second kappa shape index (κ2) is 9.33. The smallest absolute Gasteiger partial charge is 0.283 e. The third-order valence-electron chi connectivity index (χ3n) is 5.72. The summed E-state index contributed by atoms with van der Waals surface area (Å²) in [5.41, 5.74) is 4.71. The van der Waals surface area contributed by atoms with E-state index in [0.29, 0.717) is 22.0 Å². The van der Waals surface area contributed by atoms with Crippen molar-refractivity contribution in [3.8, 4) is 0 Å². The first-order valence-corrected chi connectivity index (χ1v) is 11.2. The van der Waals surface area contributed by atoms with Crippen LogP contribution in [0.5, 0.6) is 0 Å². The Hall–Kier alpha value is -3.61. The molecule has 3 aromatic carbocycles. The lowest BCUT2D eigenvalue weighted by molar-refractivity contribution is -0.120. The van der Waals surface area contributed by atoms with E-state index >= 15 is 0 Å². The molecule has 3 aromatic rings. The second-order valence-electron chi connectivity index (χ2n) is 7.97. The quantitative estimate of drug-likeness (QED) is 0.430. The van der Waals surface area contributed by atoms with E-state index in [0.717, 1.165) is 27.3 Å². The number of nitrogens with zero attached hydrogens (tertiary/aromatic N) is 1. The van der Waals surface area contributed by atoms with Crippen LogP contribution < -0.4 is 15.5 Å². The Bertz CT molecular complexity index is 1360. The van der Waals surface area contributed by atoms with E-state index in [-0.39, 0.29) is 16.6 Å². The molecule has 1 heterocycles. The molecule has 0 aliphatic carbocycles. The Morgan fingerprint density at radius 2 is 1.53 bits per heavy atom. The molecule has 0 radical (unpaired) electrons. The highest BCUT2D eigenvalue weighted by molar-refractivity contribution is 6.53. The number of imide groups is 1. The van der Waals surface area contributed by atoms with Gasteiger partial charge in [0.1, 0.15) is 10.7 Å². The van der Waals surface area contributed by atoms with Crippen LogP contribution in [0.2, 0.25) is 5.02 Å². The molecule has 3 amide bonds. The van der Waals surface area contributed by atoms with Crippen LogP contribution in [0.1, 0.15) is 27.0 Å². The maximum atomic E-state index is 13.0. The minimum absolute atomic E-state index is 0.0585. The van der Waals surface area contributed by atoms with Gasteiger partial charge in [0.05, 0.1) is 5.69 Å². The second-order valence-corrected chi connectivity index (χ2v) is 8.78. The van der Waals surface area contributed by atoms with E-state index in [4.69, 9.17) is 23.2 Å². The fourth-order valence-electron chi connectivity index (χ4n) is 3.55. The summed E-state index contributed by atoms with van der Waals surface area (Å²) >= 11 is 12.2. The molecule has 2 N–H and O–H groups in total. The van der Waals surface area contributed by atoms with E-state index in [2.05, 4.69) is 10.6 Å². The number of rotatable bonds is 5. The Morgan fingerprint density at radius 1 is 0.824 bits per heavy atom. The molecule has 6 nitrogen and oxygen atoms in total. The van der Waals surface area contributed by atoms with Crippen molar-refractivity contribution in [1.82, 2.24) is 0 Å². The molecule has 8 heteroatoms. The van der Waals surface area contributed by atoms with Crippen LogP contribution in [-0.4, -0.2) is 17.7 Å². The number of hydrogen-bond acceptors (Lipinski definition) is 4. The highest BCUT2D eigenvalue weighted by Crippen LogP contribution is 2.32. The van der Waals surface area contributed by atoms with Crippen molar-refractivity contribution in [2.75, 3.05) is 15.5 Å². The van der Waals surface area contributed by atoms with Crippen LogP contribution >= 0.6 is 23.2 Å². The molecule has 0 unspecified atom stereocenters. The van der Waals surface area contributed by atoms with E-state index in [9.17, 15) is 14.4 Å². The number of benzene rings is 3. The van der Waals surface area contributed by atoms with Gasteiger partial charge >= 0.3 is 0 Å². The number of anilines is 3. The minimum atomic E-state index is -0.641. The van der Waals surface area contributed by atoms with E-state index in [1.54, 1.807) is 42.5 Å². The monoisotopic (exact) mass is 493 g/mol. The topological polar surface area (TPSA) is 78.5 Å². The Balaban J connectivity index is 1.59. The predicted molar refractivity (Wildman–Crippen MR) is 135 cm³/mol. The van der Waals surface area contributed by atoms with Crippen molar-refractivity contribution in [1.29, 1.82) is 0 Å². The van der Waals surface area contributed by atoms with Gasteiger partial charge in [-0.1, -0.05) is 41.4 Å². The molecule has 0 atom stereocenters. The third-order valence-corrected chi connectivity index (χ3v) is 6.33. The average molecular weight is 494 g/mol. The van der Waals surface area contributed by atoms with Crippen molar-refractivity contribution in [3.05, 3.63) is 98.7 Å². The first kappa shape index (κ1) is 23.5. The fourth-order valence-corrected chi connectivity index (χ4v) is 3.89. The molecule has 0 saturated heterocycles. The number of halogens is 2. The van der Waals surface area contributed by atoms with Gasteiger partial charge in [0, 0.05) is 22.0 Å². The van der Waals surface area contributed by atoms with Gasteiger partial charge in [-0.15, -0.1) is 0 Å². The molecule has 0 spiro atoms. The van der Waals surface area contributed by atoms with Crippen molar-refractivity contribution in [2.24, 2.45) is 0 Å². The lowest BCUT2D eigenvalue weighted by Crippen LogP contribution is -2.32. The van der Waals surface area contributed by atoms with Gasteiger partial charge < -0.3 is 10.6 Å². The van der Waals surface area contributed by atoms with Crippen molar-refractivity contribution in [2.45, 2.75) is 20.8 Å². The zero-order chi connectivity index (χ0) is 24.6. The molecule has 1 aliphatic heterocycles. The number of hydrogen-bond donors (Lipinski definition) is 2. The highest BCUT2D eigenvalue weighted by atomic mass is 35.5. The maximum Gasteiger partial charge on any atom is 0.283 e. The summed E-state index contributed by atoms with van der Waals surface area (Å²) in [6, 6.07) is 17.1. The van der Waals surface area contributed by atoms with Crippen molar-refractivity contribution >= 4 is 58.0 Å². The molecule has 0 saturated carbocycles. The molecule has 172 valence electrons. The van der Waals surface area contributed by atoms with E-state index in [1.807, 2.05) is 39.0 Å². The van der Waals surface area contributed by atoms with Crippen LogP contribution in [-0.2, 0) is 9.59 Å². The highest BCUT2D eigenvalue weighted by Gasteiger charge is 2.39. The number of carbonyl (C=O) groups excluding carboxylic acids is 3. The van der Waals surface area contributed by atoms with Gasteiger partial charge in [0.15, 0.2) is 0 Å². The van der Waals surface area contributed by atoms with Gasteiger partial charge in [-0.3, -0.25) is 14.4 Å². The fraction of sp³-hybridized carbons (Fsp3) is 0.115. The van der Waals surface area contributed by atoms with Crippen molar-refractivity contribution < 1.29 is 14.4 Å². The molecule has 0 fully saturated rings. The summed E-state index contributed by atoms with van der Waals surface area (Å²) in [5, 5.41) is 6.13. The average Bonchev–Trinajstić information content (AvgIpc) is 3.02. The Labute approximate surface area is 207 Å². The molecule has 34 heavy (non-hydrogen) atoms. The SMILES string of the molecule is Cc1ccc(C(=O)Nc2cccc(C)c2C)cc1NC1=C(Cl)C(=O)N(c2ccc(Cl)cc2)C1=O. The van der Waals surface area contributed by atoms with Gasteiger partial charge in [-0.05, 0) is 79.9 Å². The van der Waals surface area contributed by atoms with Crippen LogP contribution in [0.3, 0.4) is 0 Å². The third kappa shape index (κ3) is 4.42. The molecule has 1 aliphatic rings. The largest absolute Gasteiger partial charge is 0.349 e. The van der Waals surface area contributed by atoms with E-state index < -0.39 is 11.8 Å². The lowest BCUT2D eigenvalue weighted by Gasteiger charge is -2.16. The summed E-state index contributed by atoms with van der Waals surface area (Å²) in [4.78, 5) is 39.6. The predicted octanol–water partition coefficient (Wildman–Crippen LogP) is 5.95. The van der Waals surface area contributed by atoms with Crippen molar-refractivity contribution in [3.63, 3.8) is 0 Å². The number of carbonyl (C=O) groups is 3. The molecule has 0 bridgehead atoms. The zero-order valence-electron chi connectivity index (χ0n) is 18.7. The standard InChI is InChI=1S/C26H21Cl2N3O3/c1-14-5-4-6-20(16(14)3)30-24(32)17-8-7-15(2)21(13-17)29-23-22(28)25(33)31(26(23)34)19-11-9-18(27)10-12-19/h4-13,29H,1-3H3,(H,30,32). The van der Waals surface area contributed by atoms with Gasteiger partial charge in [-0.25, -0.2) is 4.90 Å². The summed E-state index contributed by atoms with van der Waals surface area (Å²) in [6.07, 6.45) is 0. The number of aryl methyl sites for hydroxylation is 2. The van der Waals surface area contributed by atoms with Gasteiger partial charge in [-0.2, -0.15) is 0 Å². The van der Waals surface area contributed by atoms with Gasteiger partial charge in [0.25, 0.3) is 17.7 Å². The summed E-state index contributed by atoms with van der Waals surface area (Å²) < 4.78 is 0. The summed E-state index contributed by atoms with van der Waals surface area (Å²) in [5.74, 6) is -1.53. The van der Waals surface area contributed by atoms with Crippen LogP contribution in [0, 0.1) is 20.8 Å². The van der Waals surface area contributed by atoms with Crippen LogP contribution in [0.25, 0.3) is 0 Å². The minimum Gasteiger partial charge on any atom is -0.349 e. The maximum absolute atomic E-state index is 13.0. The number of nitrogens with one attached hydrogen (secondary N) is 2. The normalized spacial score (nSPS) is 13.5. The summed E-state index contributed by atoms with van der Waals surface area (Å²) in [7, 11) is 0. The Morgan fingerprint density at radius 3 is 2.24 bits per heavy atom. The number of amides is 3. The summed E-state index contributed by atoms with van der Waals surface area (Å²) in [6.45, 7) is 5.74. The molecular weight excluding hydrogens is 473 g/mol. The molecule has 4 rings (SSSR count). The molecular formula is C26H21Cl2N3O3. The Kier molecular flexibility index (Phi) is 6.46. The molecule has 0 aromatic heterocycles. The first-order chi connectivity index (χ1) is 16.2. The van der Waals surface area contributed by atoms with Crippen LogP contribution in [0.4, 0.5) is 17.1 Å². The van der Waals surface area contributed by atoms with Crippen LogP contribution in [0.15, 0.2) is 71.4 Å². The lowest BCUT2D eigenvalue weighted by atomic mass is 10.1.